The Hall–Kier alpha value is -2.80. The van der Waals surface area contributed by atoms with E-state index >= 15 is 0 Å². The van der Waals surface area contributed by atoms with Crippen LogP contribution in [0.25, 0.3) is 11.3 Å². The van der Waals surface area contributed by atoms with E-state index < -0.39 is 11.9 Å². The second kappa shape index (κ2) is 9.80. The first kappa shape index (κ1) is 21.9. The maximum Gasteiger partial charge on any atom is 0.338 e. The number of ether oxygens (including phenoxy) is 1. The standard InChI is InChI=1S/C22H20Cl2N2O4/c1-26(2)11-12-29-22(28)14-3-6-16(7-4-14)25-21(27)20-10-9-19(30-20)17-8-5-15(23)13-18(17)24/h3-10,13H,11-12H2,1-2H3,(H,25,27). The van der Waals surface area contributed by atoms with Crippen molar-refractivity contribution in [2.75, 3.05) is 32.6 Å². The quantitative estimate of drug-likeness (QED) is 0.503. The highest BCUT2D eigenvalue weighted by molar-refractivity contribution is 6.36. The SMILES string of the molecule is CN(C)CCOC(=O)c1ccc(NC(=O)c2ccc(-c3ccc(Cl)cc3Cl)o2)cc1. The second-order valence-corrected chi connectivity index (χ2v) is 7.60. The Morgan fingerprint density at radius 1 is 1.03 bits per heavy atom. The molecular formula is C22H20Cl2N2O4. The van der Waals surface area contributed by atoms with Gasteiger partial charge in [-0.25, -0.2) is 4.79 Å². The first-order valence-corrected chi connectivity index (χ1v) is 9.87. The highest BCUT2D eigenvalue weighted by Gasteiger charge is 2.15. The van der Waals surface area contributed by atoms with Crippen molar-refractivity contribution in [2.45, 2.75) is 0 Å². The van der Waals surface area contributed by atoms with Crippen LogP contribution in [0.2, 0.25) is 10.0 Å². The molecule has 1 amide bonds. The van der Waals surface area contributed by atoms with Crippen LogP contribution in [0.4, 0.5) is 5.69 Å². The van der Waals surface area contributed by atoms with Gasteiger partial charge in [0.15, 0.2) is 5.76 Å². The summed E-state index contributed by atoms with van der Waals surface area (Å²) >= 11 is 12.1. The van der Waals surface area contributed by atoms with Crippen LogP contribution in [0.3, 0.4) is 0 Å². The summed E-state index contributed by atoms with van der Waals surface area (Å²) in [5.41, 5.74) is 1.56. The third-order valence-electron chi connectivity index (χ3n) is 4.18. The molecule has 0 aliphatic heterocycles. The molecule has 0 fully saturated rings. The van der Waals surface area contributed by atoms with E-state index in [1.165, 1.54) is 0 Å². The summed E-state index contributed by atoms with van der Waals surface area (Å²) in [6, 6.07) is 14.7. The molecule has 0 saturated heterocycles. The first-order valence-electron chi connectivity index (χ1n) is 9.12. The summed E-state index contributed by atoms with van der Waals surface area (Å²) in [6.45, 7) is 0.953. The summed E-state index contributed by atoms with van der Waals surface area (Å²) in [4.78, 5) is 26.4. The van der Waals surface area contributed by atoms with Crippen molar-refractivity contribution < 1.29 is 18.7 Å². The largest absolute Gasteiger partial charge is 0.461 e. The molecule has 1 N–H and O–H groups in total. The Labute approximate surface area is 184 Å². The summed E-state index contributed by atoms with van der Waals surface area (Å²) < 4.78 is 10.8. The Morgan fingerprint density at radius 3 is 2.43 bits per heavy atom. The van der Waals surface area contributed by atoms with Gasteiger partial charge in [-0.2, -0.15) is 0 Å². The zero-order valence-corrected chi connectivity index (χ0v) is 18.0. The fourth-order valence-electron chi connectivity index (χ4n) is 2.58. The van der Waals surface area contributed by atoms with Gasteiger partial charge in [0.25, 0.3) is 5.91 Å². The lowest BCUT2D eigenvalue weighted by atomic mass is 10.2. The number of likely N-dealkylation sites (N-methyl/N-ethyl adjacent to an activating group) is 1. The average molecular weight is 447 g/mol. The van der Waals surface area contributed by atoms with Crippen molar-refractivity contribution in [1.29, 1.82) is 0 Å². The number of rotatable bonds is 7. The Kier molecular flexibility index (Phi) is 7.15. The molecule has 0 atom stereocenters. The normalized spacial score (nSPS) is 10.8. The molecule has 1 aromatic heterocycles. The maximum atomic E-state index is 12.5. The molecule has 0 spiro atoms. The van der Waals surface area contributed by atoms with Crippen LogP contribution in [0, 0.1) is 0 Å². The van der Waals surface area contributed by atoms with Gasteiger partial charge in [0.1, 0.15) is 12.4 Å². The number of nitrogens with one attached hydrogen (secondary N) is 1. The van der Waals surface area contributed by atoms with Crippen molar-refractivity contribution in [1.82, 2.24) is 4.90 Å². The van der Waals surface area contributed by atoms with E-state index in [1.807, 2.05) is 19.0 Å². The lowest BCUT2D eigenvalue weighted by molar-refractivity contribution is 0.0482. The minimum atomic E-state index is -0.423. The van der Waals surface area contributed by atoms with Crippen molar-refractivity contribution in [3.8, 4) is 11.3 Å². The first-order chi connectivity index (χ1) is 14.3. The smallest absolute Gasteiger partial charge is 0.338 e. The number of hydrogen-bond donors (Lipinski definition) is 1. The molecule has 3 aromatic rings. The van der Waals surface area contributed by atoms with Gasteiger partial charge in [-0.05, 0) is 68.7 Å². The number of halogens is 2. The monoisotopic (exact) mass is 446 g/mol. The molecule has 8 heteroatoms. The maximum absolute atomic E-state index is 12.5. The van der Waals surface area contributed by atoms with Crippen LogP contribution in [-0.2, 0) is 4.74 Å². The molecule has 0 unspecified atom stereocenters. The predicted molar refractivity (Wildman–Crippen MR) is 117 cm³/mol. The van der Waals surface area contributed by atoms with Crippen molar-refractivity contribution in [2.24, 2.45) is 0 Å². The van der Waals surface area contributed by atoms with Crippen LogP contribution in [0.15, 0.2) is 59.0 Å². The fourth-order valence-corrected chi connectivity index (χ4v) is 3.08. The van der Waals surface area contributed by atoms with Crippen LogP contribution in [-0.4, -0.2) is 44.0 Å². The van der Waals surface area contributed by atoms with Crippen LogP contribution in [0.5, 0.6) is 0 Å². The molecule has 0 aliphatic carbocycles. The molecule has 156 valence electrons. The highest BCUT2D eigenvalue weighted by atomic mass is 35.5. The molecule has 0 aliphatic rings. The van der Waals surface area contributed by atoms with Gasteiger partial charge in [0.2, 0.25) is 0 Å². The number of carbonyl (C=O) groups excluding carboxylic acids is 2. The number of carbonyl (C=O) groups is 2. The van der Waals surface area contributed by atoms with Crippen molar-refractivity contribution in [3.05, 3.63) is 76.0 Å². The summed E-state index contributed by atoms with van der Waals surface area (Å²) in [6.07, 6.45) is 0. The average Bonchev–Trinajstić information content (AvgIpc) is 3.18. The van der Waals surface area contributed by atoms with Crippen molar-refractivity contribution >= 4 is 40.8 Å². The van der Waals surface area contributed by atoms with E-state index in [-0.39, 0.29) is 5.76 Å². The molecule has 3 rings (SSSR count). The van der Waals surface area contributed by atoms with Gasteiger partial charge in [-0.3, -0.25) is 4.79 Å². The molecule has 1 heterocycles. The number of nitrogens with zero attached hydrogens (tertiary/aromatic N) is 1. The number of furan rings is 1. The Morgan fingerprint density at radius 2 is 1.77 bits per heavy atom. The molecular weight excluding hydrogens is 427 g/mol. The lowest BCUT2D eigenvalue weighted by Gasteiger charge is -2.10. The molecule has 6 nitrogen and oxygen atoms in total. The van der Waals surface area contributed by atoms with E-state index in [0.717, 1.165) is 0 Å². The zero-order chi connectivity index (χ0) is 21.7. The van der Waals surface area contributed by atoms with Gasteiger partial charge >= 0.3 is 5.97 Å². The molecule has 0 radical (unpaired) electrons. The van der Waals surface area contributed by atoms with Crippen LogP contribution < -0.4 is 5.32 Å². The van der Waals surface area contributed by atoms with E-state index in [4.69, 9.17) is 32.4 Å². The summed E-state index contributed by atoms with van der Waals surface area (Å²) in [5, 5.41) is 3.67. The number of amides is 1. The van der Waals surface area contributed by atoms with E-state index in [1.54, 1.807) is 54.6 Å². The minimum absolute atomic E-state index is 0.128. The van der Waals surface area contributed by atoms with E-state index in [2.05, 4.69) is 5.32 Å². The van der Waals surface area contributed by atoms with Gasteiger partial charge < -0.3 is 19.4 Å². The zero-order valence-electron chi connectivity index (χ0n) is 16.4. The number of anilines is 1. The molecule has 0 saturated carbocycles. The third-order valence-corrected chi connectivity index (χ3v) is 4.72. The summed E-state index contributed by atoms with van der Waals surface area (Å²) in [7, 11) is 3.80. The summed E-state index contributed by atoms with van der Waals surface area (Å²) in [5.74, 6) is -0.251. The van der Waals surface area contributed by atoms with Gasteiger partial charge in [-0.1, -0.05) is 23.2 Å². The topological polar surface area (TPSA) is 71.8 Å². The van der Waals surface area contributed by atoms with Crippen LogP contribution in [0.1, 0.15) is 20.9 Å². The van der Waals surface area contributed by atoms with Gasteiger partial charge in [0.05, 0.1) is 10.6 Å². The number of benzene rings is 2. The van der Waals surface area contributed by atoms with E-state index in [9.17, 15) is 9.59 Å². The molecule has 2 aromatic carbocycles. The third kappa shape index (κ3) is 5.63. The Bertz CT molecular complexity index is 1050. The lowest BCUT2D eigenvalue weighted by Crippen LogP contribution is -2.20. The molecule has 30 heavy (non-hydrogen) atoms. The minimum Gasteiger partial charge on any atom is -0.461 e. The van der Waals surface area contributed by atoms with Crippen molar-refractivity contribution in [3.63, 3.8) is 0 Å². The number of esters is 1. The van der Waals surface area contributed by atoms with E-state index in [0.29, 0.717) is 45.8 Å². The fraction of sp³-hybridized carbons (Fsp3) is 0.182. The molecule has 0 bridgehead atoms. The van der Waals surface area contributed by atoms with Gasteiger partial charge in [0, 0.05) is 22.8 Å². The second-order valence-electron chi connectivity index (χ2n) is 6.76. The Balaban J connectivity index is 1.62. The predicted octanol–water partition coefficient (Wildman–Crippen LogP) is 5.22. The van der Waals surface area contributed by atoms with Gasteiger partial charge in [-0.15, -0.1) is 0 Å². The van der Waals surface area contributed by atoms with Crippen LogP contribution >= 0.6 is 23.2 Å². The highest BCUT2D eigenvalue weighted by Crippen LogP contribution is 2.31. The number of hydrogen-bond acceptors (Lipinski definition) is 5.